The van der Waals surface area contributed by atoms with E-state index in [4.69, 9.17) is 5.11 Å². The van der Waals surface area contributed by atoms with Crippen molar-refractivity contribution in [2.24, 2.45) is 5.92 Å². The smallest absolute Gasteiger partial charge is 0.308 e. The van der Waals surface area contributed by atoms with Crippen LogP contribution < -0.4 is 5.32 Å². The lowest BCUT2D eigenvalue weighted by Gasteiger charge is -2.08. The topological polar surface area (TPSA) is 110 Å². The fourth-order valence-electron chi connectivity index (χ4n) is 1.28. The van der Waals surface area contributed by atoms with E-state index in [2.05, 4.69) is 5.32 Å². The van der Waals surface area contributed by atoms with Crippen LogP contribution in [0.25, 0.3) is 0 Å². The summed E-state index contributed by atoms with van der Waals surface area (Å²) in [5.41, 5.74) is -0.982. The number of hydrogen-bond acceptors (Lipinski definition) is 4. The molecule has 0 saturated carbocycles. The monoisotopic (exact) mass is 270 g/mol. The lowest BCUT2D eigenvalue weighted by atomic mass is 10.1. The van der Waals surface area contributed by atoms with Gasteiger partial charge in [0.05, 0.1) is 16.9 Å². The quantitative estimate of drug-likeness (QED) is 0.616. The standard InChI is InChI=1S/C11H11FN2O5/c1-6(11(16)17)5-13-10(15)8-3-2-7(12)4-9(8)14(18)19/h2-4,6H,5H2,1H3,(H,13,15)(H,16,17). The number of carboxylic acids is 1. The minimum atomic E-state index is -1.10. The molecular formula is C11H11FN2O5. The number of nitro groups is 1. The van der Waals surface area contributed by atoms with Crippen LogP contribution in [0.2, 0.25) is 0 Å². The predicted molar refractivity (Wildman–Crippen MR) is 62.2 cm³/mol. The summed E-state index contributed by atoms with van der Waals surface area (Å²) in [4.78, 5) is 32.0. The molecule has 1 aromatic carbocycles. The second-order valence-electron chi connectivity index (χ2n) is 3.87. The Kier molecular flexibility index (Phi) is 4.51. The third-order valence-electron chi connectivity index (χ3n) is 2.39. The molecule has 0 radical (unpaired) electrons. The van der Waals surface area contributed by atoms with Crippen molar-refractivity contribution in [2.45, 2.75) is 6.92 Å². The zero-order chi connectivity index (χ0) is 14.6. The van der Waals surface area contributed by atoms with Gasteiger partial charge in [0.25, 0.3) is 11.6 Å². The van der Waals surface area contributed by atoms with Crippen molar-refractivity contribution in [3.05, 3.63) is 39.7 Å². The highest BCUT2D eigenvalue weighted by atomic mass is 19.1. The molecule has 19 heavy (non-hydrogen) atoms. The van der Waals surface area contributed by atoms with Crippen LogP contribution in [-0.4, -0.2) is 28.5 Å². The predicted octanol–water partition coefficient (Wildman–Crippen LogP) is 1.18. The van der Waals surface area contributed by atoms with E-state index < -0.39 is 34.2 Å². The summed E-state index contributed by atoms with van der Waals surface area (Å²) in [6.45, 7) is 1.20. The van der Waals surface area contributed by atoms with Crippen molar-refractivity contribution in [2.75, 3.05) is 6.54 Å². The number of aliphatic carboxylic acids is 1. The van der Waals surface area contributed by atoms with Crippen LogP contribution in [-0.2, 0) is 4.79 Å². The molecule has 0 aliphatic carbocycles. The number of nitro benzene ring substituents is 1. The largest absolute Gasteiger partial charge is 0.481 e. The number of carbonyl (C=O) groups is 2. The van der Waals surface area contributed by atoms with Gasteiger partial charge < -0.3 is 10.4 Å². The van der Waals surface area contributed by atoms with Crippen LogP contribution in [0.3, 0.4) is 0 Å². The van der Waals surface area contributed by atoms with Crippen LogP contribution in [0.4, 0.5) is 10.1 Å². The van der Waals surface area contributed by atoms with Gasteiger partial charge >= 0.3 is 5.97 Å². The maximum atomic E-state index is 12.9. The molecule has 0 aromatic heterocycles. The Bertz CT molecular complexity index is 532. The average Bonchev–Trinajstić information content (AvgIpc) is 2.35. The number of carboxylic acid groups (broad SMARTS) is 1. The van der Waals surface area contributed by atoms with Crippen LogP contribution in [0.5, 0.6) is 0 Å². The van der Waals surface area contributed by atoms with E-state index in [0.717, 1.165) is 12.1 Å². The summed E-state index contributed by atoms with van der Waals surface area (Å²) in [7, 11) is 0. The molecule has 8 heteroatoms. The summed E-state index contributed by atoms with van der Waals surface area (Å²) >= 11 is 0. The Balaban J connectivity index is 2.88. The minimum Gasteiger partial charge on any atom is -0.481 e. The van der Waals surface area contributed by atoms with E-state index in [1.54, 1.807) is 0 Å². The average molecular weight is 270 g/mol. The van der Waals surface area contributed by atoms with E-state index >= 15 is 0 Å². The second-order valence-corrected chi connectivity index (χ2v) is 3.87. The van der Waals surface area contributed by atoms with Crippen LogP contribution >= 0.6 is 0 Å². The number of nitrogens with one attached hydrogen (secondary N) is 1. The van der Waals surface area contributed by atoms with Gasteiger partial charge in [-0.1, -0.05) is 6.92 Å². The molecule has 0 heterocycles. The van der Waals surface area contributed by atoms with Gasteiger partial charge in [-0.25, -0.2) is 4.39 Å². The van der Waals surface area contributed by atoms with Gasteiger partial charge in [0.1, 0.15) is 11.4 Å². The van der Waals surface area contributed by atoms with Crippen LogP contribution in [0.15, 0.2) is 18.2 Å². The number of rotatable bonds is 5. The maximum absolute atomic E-state index is 12.9. The number of halogens is 1. The van der Waals surface area contributed by atoms with Gasteiger partial charge in [-0.3, -0.25) is 19.7 Å². The van der Waals surface area contributed by atoms with Crippen LogP contribution in [0, 0.1) is 21.8 Å². The molecule has 0 saturated heterocycles. The molecule has 1 amide bonds. The molecule has 0 spiro atoms. The normalized spacial score (nSPS) is 11.7. The molecule has 7 nitrogen and oxygen atoms in total. The first-order valence-corrected chi connectivity index (χ1v) is 5.28. The highest BCUT2D eigenvalue weighted by molar-refractivity contribution is 5.98. The fourth-order valence-corrected chi connectivity index (χ4v) is 1.28. The molecule has 0 bridgehead atoms. The summed E-state index contributed by atoms with van der Waals surface area (Å²) in [6, 6.07) is 2.53. The van der Waals surface area contributed by atoms with Crippen molar-refractivity contribution >= 4 is 17.6 Å². The third-order valence-corrected chi connectivity index (χ3v) is 2.39. The Labute approximate surface area is 107 Å². The van der Waals surface area contributed by atoms with Crippen molar-refractivity contribution in [1.82, 2.24) is 5.32 Å². The molecule has 1 atom stereocenters. The van der Waals surface area contributed by atoms with E-state index in [9.17, 15) is 24.1 Å². The number of carbonyl (C=O) groups excluding carboxylic acids is 1. The van der Waals surface area contributed by atoms with Gasteiger partial charge in [0, 0.05) is 6.54 Å². The molecule has 2 N–H and O–H groups in total. The molecule has 0 aliphatic heterocycles. The van der Waals surface area contributed by atoms with E-state index in [1.807, 2.05) is 0 Å². The van der Waals surface area contributed by atoms with E-state index in [1.165, 1.54) is 6.92 Å². The van der Waals surface area contributed by atoms with Crippen LogP contribution in [0.1, 0.15) is 17.3 Å². The van der Waals surface area contributed by atoms with Gasteiger partial charge in [-0.15, -0.1) is 0 Å². The molecule has 102 valence electrons. The summed E-state index contributed by atoms with van der Waals surface area (Å²) in [5.74, 6) is -3.58. The Morgan fingerprint density at radius 2 is 2.16 bits per heavy atom. The lowest BCUT2D eigenvalue weighted by Crippen LogP contribution is -2.31. The van der Waals surface area contributed by atoms with Gasteiger partial charge in [-0.2, -0.15) is 0 Å². The second kappa shape index (κ2) is 5.89. The summed E-state index contributed by atoms with van der Waals surface area (Å²) < 4.78 is 12.9. The zero-order valence-electron chi connectivity index (χ0n) is 9.92. The van der Waals surface area contributed by atoms with Crippen molar-refractivity contribution in [3.8, 4) is 0 Å². The number of amides is 1. The SMILES string of the molecule is CC(CNC(=O)c1ccc(F)cc1[N+](=O)[O-])C(=O)O. The lowest BCUT2D eigenvalue weighted by molar-refractivity contribution is -0.385. The highest BCUT2D eigenvalue weighted by Gasteiger charge is 2.22. The Morgan fingerprint density at radius 1 is 1.53 bits per heavy atom. The van der Waals surface area contributed by atoms with Crippen molar-refractivity contribution in [3.63, 3.8) is 0 Å². The summed E-state index contributed by atoms with van der Waals surface area (Å²) in [6.07, 6.45) is 0. The molecule has 1 rings (SSSR count). The zero-order valence-corrected chi connectivity index (χ0v) is 9.92. The fraction of sp³-hybridized carbons (Fsp3) is 0.273. The molecular weight excluding hydrogens is 259 g/mol. The number of nitrogens with zero attached hydrogens (tertiary/aromatic N) is 1. The van der Waals surface area contributed by atoms with E-state index in [0.29, 0.717) is 6.07 Å². The molecule has 1 aromatic rings. The highest BCUT2D eigenvalue weighted by Crippen LogP contribution is 2.19. The molecule has 0 aliphatic rings. The first kappa shape index (κ1) is 14.6. The number of hydrogen-bond donors (Lipinski definition) is 2. The first-order valence-electron chi connectivity index (χ1n) is 5.28. The van der Waals surface area contributed by atoms with Gasteiger partial charge in [-0.05, 0) is 12.1 Å². The maximum Gasteiger partial charge on any atom is 0.308 e. The van der Waals surface area contributed by atoms with Gasteiger partial charge in [0.2, 0.25) is 0 Å². The Morgan fingerprint density at radius 3 is 2.68 bits per heavy atom. The Hall–Kier alpha value is -2.51. The molecule has 0 fully saturated rings. The van der Waals surface area contributed by atoms with E-state index in [-0.39, 0.29) is 12.1 Å². The minimum absolute atomic E-state index is 0.178. The third kappa shape index (κ3) is 3.73. The van der Waals surface area contributed by atoms with Crippen molar-refractivity contribution in [1.29, 1.82) is 0 Å². The summed E-state index contributed by atoms with van der Waals surface area (Å²) in [5, 5.41) is 21.6. The number of benzene rings is 1. The first-order chi connectivity index (χ1) is 8.82. The molecule has 1 unspecified atom stereocenters. The van der Waals surface area contributed by atoms with Crippen molar-refractivity contribution < 1.29 is 24.0 Å². The van der Waals surface area contributed by atoms with Gasteiger partial charge in [0.15, 0.2) is 0 Å².